The molecule has 13 heteroatoms. The molecule has 0 bridgehead atoms. The molecular weight excluding hydrogens is 640 g/mol. The van der Waals surface area contributed by atoms with Crippen molar-refractivity contribution in [1.29, 1.82) is 0 Å². The van der Waals surface area contributed by atoms with Gasteiger partial charge in [0.15, 0.2) is 17.9 Å². The molecule has 6 rings (SSSR count). The van der Waals surface area contributed by atoms with E-state index < -0.39 is 73.3 Å². The van der Waals surface area contributed by atoms with Crippen molar-refractivity contribution in [1.82, 2.24) is 0 Å². The van der Waals surface area contributed by atoms with Crippen molar-refractivity contribution in [3.63, 3.8) is 0 Å². The van der Waals surface area contributed by atoms with Gasteiger partial charge in [0.2, 0.25) is 0 Å². The van der Waals surface area contributed by atoms with E-state index in [9.17, 15) is 44.7 Å². The summed E-state index contributed by atoms with van der Waals surface area (Å²) in [6.07, 6.45) is -5.07. The van der Waals surface area contributed by atoms with E-state index in [1.807, 2.05) is 6.92 Å². The third-order valence-corrected chi connectivity index (χ3v) is 10.9. The molecule has 0 amide bonds. The highest BCUT2D eigenvalue weighted by atomic mass is 16.7. The Balaban J connectivity index is 1.20. The van der Waals surface area contributed by atoms with Gasteiger partial charge in [0, 0.05) is 40.5 Å². The monoisotopic (exact) mass is 682 g/mol. The molecule has 11 unspecified atom stereocenters. The fourth-order valence-electron chi connectivity index (χ4n) is 8.27. The Kier molecular flexibility index (Phi) is 9.81. The summed E-state index contributed by atoms with van der Waals surface area (Å²) in [5.41, 5.74) is 3.75. The van der Waals surface area contributed by atoms with Crippen molar-refractivity contribution in [2.24, 2.45) is 23.7 Å². The Morgan fingerprint density at radius 3 is 2.43 bits per heavy atom. The molecule has 0 spiro atoms. The molecule has 0 aromatic carbocycles. The first-order valence-corrected chi connectivity index (χ1v) is 16.5. The van der Waals surface area contributed by atoms with Crippen LogP contribution in [0.25, 0.3) is 0 Å². The van der Waals surface area contributed by atoms with Crippen LogP contribution in [0.1, 0.15) is 39.5 Å². The van der Waals surface area contributed by atoms with Gasteiger partial charge in [-0.05, 0) is 62.3 Å². The second-order valence-corrected chi connectivity index (χ2v) is 13.8. The highest BCUT2D eigenvalue weighted by Crippen LogP contribution is 2.49. The zero-order valence-electron chi connectivity index (χ0n) is 27.4. The molecule has 11 atom stereocenters. The summed E-state index contributed by atoms with van der Waals surface area (Å²) >= 11 is 0. The van der Waals surface area contributed by atoms with Gasteiger partial charge in [-0.25, -0.2) is 9.59 Å². The van der Waals surface area contributed by atoms with E-state index in [4.69, 9.17) is 18.9 Å². The van der Waals surface area contributed by atoms with Gasteiger partial charge in [0.1, 0.15) is 36.6 Å². The summed E-state index contributed by atoms with van der Waals surface area (Å²) in [5, 5.41) is 50.2. The summed E-state index contributed by atoms with van der Waals surface area (Å²) in [7, 11) is 0. The summed E-state index contributed by atoms with van der Waals surface area (Å²) in [4.78, 5) is 52.8. The summed E-state index contributed by atoms with van der Waals surface area (Å²) in [5.74, 6) is -4.05. The fourth-order valence-corrected chi connectivity index (χ4v) is 8.27. The third-order valence-electron chi connectivity index (χ3n) is 10.9. The SMILES string of the molecule is C=C(C(=O)OC1CC(C)=C2C(=O)C=C(COC3OC(CO)C(O)C(O)C3O)C2C2OC(=O)C(=C)C12)C1CCC(CO)=C2C(=O)C=C(C)C2C1. The first kappa shape index (κ1) is 35.3. The maximum absolute atomic E-state index is 13.8. The standard InChI is InChI=1S/C36H42O13/c1-14-7-22(39)28-19(11-37)6-5-18(9-21(14)28)16(3)34(44)47-24-8-15(2)26-23(40)10-20(29(26)33-27(24)17(4)35(45)49-33)13-46-36-32(43)31(42)30(41)25(12-38)48-36/h7,10,18,21,24-25,27,29-33,36-38,41-43H,3-6,8-9,11-13H2,1-2H3. The zero-order valence-corrected chi connectivity index (χ0v) is 27.4. The largest absolute Gasteiger partial charge is 0.458 e. The van der Waals surface area contributed by atoms with Gasteiger partial charge in [-0.15, -0.1) is 0 Å². The van der Waals surface area contributed by atoms with Gasteiger partial charge in [-0.2, -0.15) is 0 Å². The highest BCUT2D eigenvalue weighted by molar-refractivity contribution is 6.10. The average molecular weight is 683 g/mol. The van der Waals surface area contributed by atoms with Gasteiger partial charge < -0.3 is 44.5 Å². The molecule has 6 aliphatic rings. The van der Waals surface area contributed by atoms with Crippen molar-refractivity contribution in [3.05, 3.63) is 69.9 Å². The minimum absolute atomic E-state index is 0.0807. The quantitative estimate of drug-likeness (QED) is 0.174. The van der Waals surface area contributed by atoms with E-state index in [0.717, 1.165) is 5.57 Å². The number of hydrogen-bond acceptors (Lipinski definition) is 13. The van der Waals surface area contributed by atoms with Gasteiger partial charge >= 0.3 is 11.9 Å². The molecule has 49 heavy (non-hydrogen) atoms. The molecule has 2 aliphatic heterocycles. The third kappa shape index (κ3) is 6.11. The number of aliphatic hydroxyl groups is 5. The van der Waals surface area contributed by atoms with Gasteiger partial charge in [-0.1, -0.05) is 24.3 Å². The van der Waals surface area contributed by atoms with Gasteiger partial charge in [0.05, 0.1) is 25.7 Å². The maximum atomic E-state index is 13.8. The van der Waals surface area contributed by atoms with Crippen LogP contribution < -0.4 is 0 Å². The molecule has 2 fully saturated rings. The summed E-state index contributed by atoms with van der Waals surface area (Å²) in [6.45, 7) is 10.4. The lowest BCUT2D eigenvalue weighted by Crippen LogP contribution is -2.59. The predicted octanol–water partition coefficient (Wildman–Crippen LogP) is 0.448. The predicted molar refractivity (Wildman–Crippen MR) is 169 cm³/mol. The Labute approximate surface area is 282 Å². The van der Waals surface area contributed by atoms with Crippen LogP contribution >= 0.6 is 0 Å². The Bertz CT molecular complexity index is 1610. The molecular formula is C36H42O13. The minimum atomic E-state index is -1.66. The molecule has 5 N–H and O–H groups in total. The average Bonchev–Trinajstić information content (AvgIpc) is 3.55. The van der Waals surface area contributed by atoms with Crippen LogP contribution in [0.5, 0.6) is 0 Å². The van der Waals surface area contributed by atoms with Crippen LogP contribution in [0.15, 0.2) is 69.9 Å². The summed E-state index contributed by atoms with van der Waals surface area (Å²) < 4.78 is 23.1. The number of ether oxygens (including phenoxy) is 4. The number of fused-ring (bicyclic) bond motifs is 4. The highest BCUT2D eigenvalue weighted by Gasteiger charge is 2.55. The van der Waals surface area contributed by atoms with Crippen molar-refractivity contribution < 1.29 is 63.7 Å². The normalized spacial score (nSPS) is 37.6. The molecule has 2 saturated heterocycles. The number of carbonyl (C=O) groups excluding carboxylic acids is 4. The second-order valence-electron chi connectivity index (χ2n) is 13.8. The number of ketones is 2. The minimum Gasteiger partial charge on any atom is -0.458 e. The smallest absolute Gasteiger partial charge is 0.334 e. The van der Waals surface area contributed by atoms with E-state index in [0.29, 0.717) is 47.1 Å². The van der Waals surface area contributed by atoms with E-state index >= 15 is 0 Å². The first-order chi connectivity index (χ1) is 23.3. The topological polar surface area (TPSA) is 206 Å². The molecule has 4 aliphatic carbocycles. The van der Waals surface area contributed by atoms with E-state index in [2.05, 4.69) is 13.2 Å². The lowest BCUT2D eigenvalue weighted by Gasteiger charge is -2.39. The molecule has 0 aromatic heterocycles. The van der Waals surface area contributed by atoms with E-state index in [1.165, 1.54) is 6.08 Å². The molecule has 264 valence electrons. The van der Waals surface area contributed by atoms with Crippen LogP contribution in [0.3, 0.4) is 0 Å². The Morgan fingerprint density at radius 2 is 1.73 bits per heavy atom. The lowest BCUT2D eigenvalue weighted by atomic mass is 9.81. The fraction of sp³-hybridized carbons (Fsp3) is 0.556. The van der Waals surface area contributed by atoms with Crippen LogP contribution in [-0.2, 0) is 38.1 Å². The van der Waals surface area contributed by atoms with E-state index in [1.54, 1.807) is 13.0 Å². The lowest BCUT2D eigenvalue weighted by molar-refractivity contribution is -0.299. The number of carbonyl (C=O) groups is 4. The van der Waals surface area contributed by atoms with Crippen LogP contribution in [0.2, 0.25) is 0 Å². The van der Waals surface area contributed by atoms with Gasteiger partial charge in [-0.3, -0.25) is 9.59 Å². The number of hydrogen-bond donors (Lipinski definition) is 5. The molecule has 13 nitrogen and oxygen atoms in total. The van der Waals surface area contributed by atoms with Crippen LogP contribution in [-0.4, -0.2) is 112 Å². The first-order valence-electron chi connectivity index (χ1n) is 16.5. The molecule has 0 saturated carbocycles. The van der Waals surface area contributed by atoms with Crippen molar-refractivity contribution in [2.75, 3.05) is 19.8 Å². The van der Waals surface area contributed by atoms with Gasteiger partial charge in [0.25, 0.3) is 0 Å². The molecule has 0 radical (unpaired) electrons. The number of aliphatic hydroxyl groups excluding tert-OH is 5. The van der Waals surface area contributed by atoms with Crippen molar-refractivity contribution in [2.45, 2.75) is 82.4 Å². The second kappa shape index (κ2) is 13.6. The Hall–Kier alpha value is -3.56. The van der Waals surface area contributed by atoms with Crippen LogP contribution in [0.4, 0.5) is 0 Å². The maximum Gasteiger partial charge on any atom is 0.334 e. The number of esters is 2. The zero-order chi connectivity index (χ0) is 35.5. The Morgan fingerprint density at radius 1 is 1.02 bits per heavy atom. The van der Waals surface area contributed by atoms with Crippen molar-refractivity contribution >= 4 is 23.5 Å². The van der Waals surface area contributed by atoms with E-state index in [-0.39, 0.29) is 54.2 Å². The van der Waals surface area contributed by atoms with Crippen LogP contribution in [0, 0.1) is 23.7 Å². The number of allylic oxidation sites excluding steroid dienone is 4. The summed E-state index contributed by atoms with van der Waals surface area (Å²) in [6, 6.07) is 0. The molecule has 2 heterocycles. The van der Waals surface area contributed by atoms with Crippen molar-refractivity contribution in [3.8, 4) is 0 Å². The number of rotatable bonds is 8. The molecule has 0 aromatic rings.